The summed E-state index contributed by atoms with van der Waals surface area (Å²) in [7, 11) is 0. The van der Waals surface area contributed by atoms with Crippen LogP contribution in [-0.4, -0.2) is 13.1 Å². The van der Waals surface area contributed by atoms with Gasteiger partial charge in [0.2, 0.25) is 0 Å². The summed E-state index contributed by atoms with van der Waals surface area (Å²) in [6.45, 7) is 9.83. The van der Waals surface area contributed by atoms with Gasteiger partial charge in [0.25, 0.3) is 0 Å². The van der Waals surface area contributed by atoms with Crippen molar-refractivity contribution in [3.05, 3.63) is 0 Å². The average Bonchev–Trinajstić information content (AvgIpc) is 2.52. The Bertz CT molecular complexity index is 196. The van der Waals surface area contributed by atoms with Gasteiger partial charge < -0.3 is 5.32 Å². The zero-order valence-corrected chi connectivity index (χ0v) is 10.0. The van der Waals surface area contributed by atoms with Gasteiger partial charge in [0.15, 0.2) is 0 Å². The summed E-state index contributed by atoms with van der Waals surface area (Å²) < 4.78 is 0. The molecule has 0 amide bonds. The van der Waals surface area contributed by atoms with Crippen LogP contribution in [0.2, 0.25) is 0 Å². The highest BCUT2D eigenvalue weighted by atomic mass is 14.9. The molecule has 1 saturated heterocycles. The summed E-state index contributed by atoms with van der Waals surface area (Å²) in [5.74, 6) is 0.943. The van der Waals surface area contributed by atoms with Gasteiger partial charge in [-0.3, -0.25) is 0 Å². The van der Waals surface area contributed by atoms with Crippen molar-refractivity contribution >= 4 is 0 Å². The summed E-state index contributed by atoms with van der Waals surface area (Å²) in [4.78, 5) is 0. The van der Waals surface area contributed by atoms with Crippen molar-refractivity contribution in [2.75, 3.05) is 13.1 Å². The fraction of sp³-hybridized carbons (Fsp3) is 1.00. The predicted molar refractivity (Wildman–Crippen MR) is 61.3 cm³/mol. The van der Waals surface area contributed by atoms with Gasteiger partial charge in [0.1, 0.15) is 0 Å². The first-order valence-corrected chi connectivity index (χ1v) is 6.25. The minimum absolute atomic E-state index is 0.506. The lowest BCUT2D eigenvalue weighted by molar-refractivity contribution is 0.0291. The maximum Gasteiger partial charge on any atom is 0.00107 e. The van der Waals surface area contributed by atoms with Crippen LogP contribution in [0.1, 0.15) is 52.9 Å². The first-order valence-electron chi connectivity index (χ1n) is 6.25. The van der Waals surface area contributed by atoms with Crippen LogP contribution in [0.4, 0.5) is 0 Å². The Hall–Kier alpha value is -0.0400. The van der Waals surface area contributed by atoms with Gasteiger partial charge in [-0.1, -0.05) is 33.6 Å². The SMILES string of the molecule is CC(C)(C)C1CCNCC12CCCC2. The topological polar surface area (TPSA) is 12.0 Å². The first kappa shape index (κ1) is 10.5. The Morgan fingerprint density at radius 2 is 1.79 bits per heavy atom. The molecule has 14 heavy (non-hydrogen) atoms. The smallest absolute Gasteiger partial charge is 0.00107 e. The predicted octanol–water partition coefficient (Wildman–Crippen LogP) is 3.20. The highest BCUT2D eigenvalue weighted by Crippen LogP contribution is 2.52. The number of hydrogen-bond acceptors (Lipinski definition) is 1. The van der Waals surface area contributed by atoms with E-state index in [0.29, 0.717) is 10.8 Å². The van der Waals surface area contributed by atoms with Gasteiger partial charge in [0.05, 0.1) is 0 Å². The molecule has 1 N–H and O–H groups in total. The molecule has 1 atom stereocenters. The lowest BCUT2D eigenvalue weighted by Crippen LogP contribution is -2.49. The Labute approximate surface area is 88.7 Å². The van der Waals surface area contributed by atoms with Gasteiger partial charge in [-0.05, 0) is 42.6 Å². The quantitative estimate of drug-likeness (QED) is 0.626. The van der Waals surface area contributed by atoms with Crippen molar-refractivity contribution in [3.63, 3.8) is 0 Å². The van der Waals surface area contributed by atoms with E-state index in [9.17, 15) is 0 Å². The molecule has 2 aliphatic rings. The lowest BCUT2D eigenvalue weighted by Gasteiger charge is -2.48. The summed E-state index contributed by atoms with van der Waals surface area (Å²) >= 11 is 0. The fourth-order valence-electron chi connectivity index (χ4n) is 3.97. The summed E-state index contributed by atoms with van der Waals surface area (Å²) in [6, 6.07) is 0. The molecule has 82 valence electrons. The molecule has 0 bridgehead atoms. The van der Waals surface area contributed by atoms with Gasteiger partial charge in [-0.25, -0.2) is 0 Å². The Morgan fingerprint density at radius 3 is 2.36 bits per heavy atom. The second-order valence-corrected chi connectivity index (χ2v) is 6.45. The lowest BCUT2D eigenvalue weighted by atomic mass is 9.60. The molecule has 0 aromatic rings. The number of nitrogens with one attached hydrogen (secondary N) is 1. The van der Waals surface area contributed by atoms with Gasteiger partial charge in [-0.15, -0.1) is 0 Å². The number of hydrogen-bond donors (Lipinski definition) is 1. The van der Waals surface area contributed by atoms with Crippen LogP contribution in [0.5, 0.6) is 0 Å². The van der Waals surface area contributed by atoms with Crippen LogP contribution in [0.25, 0.3) is 0 Å². The zero-order chi connectivity index (χ0) is 10.2. The van der Waals surface area contributed by atoms with E-state index in [0.717, 1.165) is 5.92 Å². The van der Waals surface area contributed by atoms with Crippen molar-refractivity contribution in [1.29, 1.82) is 0 Å². The maximum atomic E-state index is 3.62. The van der Waals surface area contributed by atoms with Gasteiger partial charge in [0, 0.05) is 6.54 Å². The third kappa shape index (κ3) is 1.71. The molecule has 0 aromatic heterocycles. The zero-order valence-electron chi connectivity index (χ0n) is 10.0. The van der Waals surface area contributed by atoms with Crippen molar-refractivity contribution in [1.82, 2.24) is 5.32 Å². The molecule has 1 nitrogen and oxygen atoms in total. The molecule has 0 radical (unpaired) electrons. The third-order valence-electron chi connectivity index (χ3n) is 4.47. The average molecular weight is 195 g/mol. The van der Waals surface area contributed by atoms with Crippen molar-refractivity contribution in [2.45, 2.75) is 52.9 Å². The molecule has 0 aromatic carbocycles. The molecule has 1 aliphatic carbocycles. The molecule has 1 aliphatic heterocycles. The molecule has 2 fully saturated rings. The highest BCUT2D eigenvalue weighted by Gasteiger charge is 2.47. The molecule has 1 heterocycles. The molecular formula is C13H25N. The van der Waals surface area contributed by atoms with Crippen molar-refractivity contribution < 1.29 is 0 Å². The summed E-state index contributed by atoms with van der Waals surface area (Å²) in [5, 5.41) is 3.62. The van der Waals surface area contributed by atoms with E-state index in [4.69, 9.17) is 0 Å². The fourth-order valence-corrected chi connectivity index (χ4v) is 3.97. The minimum Gasteiger partial charge on any atom is -0.316 e. The van der Waals surface area contributed by atoms with E-state index < -0.39 is 0 Å². The van der Waals surface area contributed by atoms with E-state index in [1.54, 1.807) is 0 Å². The Kier molecular flexibility index (Phi) is 2.63. The van der Waals surface area contributed by atoms with E-state index in [-0.39, 0.29) is 0 Å². The van der Waals surface area contributed by atoms with E-state index >= 15 is 0 Å². The first-order chi connectivity index (χ1) is 6.55. The second-order valence-electron chi connectivity index (χ2n) is 6.45. The largest absolute Gasteiger partial charge is 0.316 e. The molecule has 1 spiro atoms. The number of rotatable bonds is 0. The normalized spacial score (nSPS) is 32.4. The Balaban J connectivity index is 2.19. The van der Waals surface area contributed by atoms with Crippen LogP contribution < -0.4 is 5.32 Å². The monoisotopic (exact) mass is 195 g/mol. The van der Waals surface area contributed by atoms with E-state index in [2.05, 4.69) is 26.1 Å². The number of piperidine rings is 1. The van der Waals surface area contributed by atoms with E-state index in [1.807, 2.05) is 0 Å². The summed E-state index contributed by atoms with van der Waals surface area (Å²) in [6.07, 6.45) is 7.27. The van der Waals surface area contributed by atoms with Gasteiger partial charge >= 0.3 is 0 Å². The maximum absolute atomic E-state index is 3.62. The minimum atomic E-state index is 0.506. The standard InChI is InChI=1S/C13H25N/c1-12(2,3)11-6-9-14-10-13(11)7-4-5-8-13/h11,14H,4-10H2,1-3H3. The van der Waals surface area contributed by atoms with Crippen LogP contribution in [0, 0.1) is 16.7 Å². The van der Waals surface area contributed by atoms with Crippen LogP contribution in [0.3, 0.4) is 0 Å². The van der Waals surface area contributed by atoms with Gasteiger partial charge in [-0.2, -0.15) is 0 Å². The van der Waals surface area contributed by atoms with Crippen LogP contribution in [0.15, 0.2) is 0 Å². The molecule has 1 heteroatoms. The molecule has 1 unspecified atom stereocenters. The molecule has 2 rings (SSSR count). The Morgan fingerprint density at radius 1 is 1.14 bits per heavy atom. The second kappa shape index (κ2) is 3.52. The van der Waals surface area contributed by atoms with E-state index in [1.165, 1.54) is 45.2 Å². The van der Waals surface area contributed by atoms with Crippen LogP contribution in [-0.2, 0) is 0 Å². The molecular weight excluding hydrogens is 170 g/mol. The van der Waals surface area contributed by atoms with Crippen LogP contribution >= 0.6 is 0 Å². The highest BCUT2D eigenvalue weighted by molar-refractivity contribution is 4.99. The van der Waals surface area contributed by atoms with Crippen molar-refractivity contribution in [3.8, 4) is 0 Å². The summed E-state index contributed by atoms with van der Waals surface area (Å²) in [5.41, 5.74) is 1.17. The van der Waals surface area contributed by atoms with Crippen molar-refractivity contribution in [2.24, 2.45) is 16.7 Å². The third-order valence-corrected chi connectivity index (χ3v) is 4.47. The molecule has 1 saturated carbocycles.